The van der Waals surface area contributed by atoms with E-state index in [9.17, 15) is 14.0 Å². The fraction of sp³-hybridized carbons (Fsp3) is 0.462. The van der Waals surface area contributed by atoms with Gasteiger partial charge in [0, 0.05) is 31.7 Å². The highest BCUT2D eigenvalue weighted by molar-refractivity contribution is 5.98. The molecule has 0 bridgehead atoms. The SMILES string of the molecule is CCCCN1C(=O)CC(C(=O)Nc2ccc(N3CCOCC3)c(F)c2)C1c1ccc(OC)cc1. The van der Waals surface area contributed by atoms with Gasteiger partial charge in [0.15, 0.2) is 0 Å². The molecule has 0 aromatic heterocycles. The second-order valence-electron chi connectivity index (χ2n) is 8.72. The van der Waals surface area contributed by atoms with Crippen molar-refractivity contribution in [1.82, 2.24) is 4.90 Å². The minimum atomic E-state index is -0.570. The standard InChI is InChI=1S/C26H32FN3O4/c1-3-4-11-30-24(31)17-21(25(30)18-5-8-20(33-2)9-6-18)26(32)28-19-7-10-23(22(27)16-19)29-12-14-34-15-13-29/h5-10,16,21,25H,3-4,11-15,17H2,1-2H3,(H,28,32). The molecule has 2 aromatic rings. The van der Waals surface area contributed by atoms with Crippen molar-refractivity contribution >= 4 is 23.2 Å². The summed E-state index contributed by atoms with van der Waals surface area (Å²) in [7, 11) is 1.60. The number of ether oxygens (including phenoxy) is 2. The molecule has 0 aliphatic carbocycles. The average molecular weight is 470 g/mol. The van der Waals surface area contributed by atoms with Crippen molar-refractivity contribution in [3.63, 3.8) is 0 Å². The Balaban J connectivity index is 1.54. The summed E-state index contributed by atoms with van der Waals surface area (Å²) in [4.78, 5) is 29.9. The quantitative estimate of drug-likeness (QED) is 0.633. The number of likely N-dealkylation sites (tertiary alicyclic amines) is 1. The molecule has 1 N–H and O–H groups in total. The smallest absolute Gasteiger partial charge is 0.230 e. The number of morpholine rings is 1. The Labute approximate surface area is 199 Å². The van der Waals surface area contributed by atoms with Crippen LogP contribution >= 0.6 is 0 Å². The molecule has 0 saturated carbocycles. The third kappa shape index (κ3) is 5.17. The molecule has 0 radical (unpaired) electrons. The maximum absolute atomic E-state index is 14.8. The third-order valence-electron chi connectivity index (χ3n) is 6.55. The van der Waals surface area contributed by atoms with Gasteiger partial charge in [0.1, 0.15) is 11.6 Å². The zero-order chi connectivity index (χ0) is 24.1. The topological polar surface area (TPSA) is 71.1 Å². The van der Waals surface area contributed by atoms with Crippen LogP contribution in [0, 0.1) is 11.7 Å². The number of methoxy groups -OCH3 is 1. The molecule has 7 nitrogen and oxygen atoms in total. The number of carbonyl (C=O) groups excluding carboxylic acids is 2. The zero-order valence-electron chi connectivity index (χ0n) is 19.8. The number of benzene rings is 2. The van der Waals surface area contributed by atoms with Crippen molar-refractivity contribution in [3.05, 3.63) is 53.8 Å². The maximum Gasteiger partial charge on any atom is 0.230 e. The lowest BCUT2D eigenvalue weighted by atomic mass is 9.92. The van der Waals surface area contributed by atoms with Gasteiger partial charge in [0.2, 0.25) is 11.8 Å². The zero-order valence-corrected chi connectivity index (χ0v) is 19.8. The molecule has 2 aromatic carbocycles. The highest BCUT2D eigenvalue weighted by Crippen LogP contribution is 2.39. The Bertz CT molecular complexity index is 1010. The molecule has 0 spiro atoms. The van der Waals surface area contributed by atoms with Gasteiger partial charge in [-0.15, -0.1) is 0 Å². The number of rotatable bonds is 8. The van der Waals surface area contributed by atoms with E-state index in [2.05, 4.69) is 12.2 Å². The summed E-state index contributed by atoms with van der Waals surface area (Å²) in [6.45, 7) is 5.05. The number of halogens is 1. The van der Waals surface area contributed by atoms with Crippen LogP contribution in [0.3, 0.4) is 0 Å². The number of nitrogens with zero attached hydrogens (tertiary/aromatic N) is 2. The molecule has 2 aliphatic heterocycles. The number of hydrogen-bond acceptors (Lipinski definition) is 5. The van der Waals surface area contributed by atoms with Crippen LogP contribution in [0.25, 0.3) is 0 Å². The van der Waals surface area contributed by atoms with E-state index in [-0.39, 0.29) is 24.3 Å². The molecule has 4 rings (SSSR count). The predicted molar refractivity (Wildman–Crippen MR) is 129 cm³/mol. The Kier molecular flexibility index (Phi) is 7.67. The number of amides is 2. The summed E-state index contributed by atoms with van der Waals surface area (Å²) < 4.78 is 25.4. The molecule has 2 unspecified atom stereocenters. The molecular weight excluding hydrogens is 437 g/mol. The second-order valence-corrected chi connectivity index (χ2v) is 8.72. The molecule has 34 heavy (non-hydrogen) atoms. The van der Waals surface area contributed by atoms with Crippen molar-refractivity contribution < 1.29 is 23.5 Å². The fourth-order valence-corrected chi connectivity index (χ4v) is 4.71. The van der Waals surface area contributed by atoms with Crippen molar-refractivity contribution in [1.29, 1.82) is 0 Å². The van der Waals surface area contributed by atoms with Crippen molar-refractivity contribution in [2.75, 3.05) is 50.2 Å². The lowest BCUT2D eigenvalue weighted by Crippen LogP contribution is -2.36. The van der Waals surface area contributed by atoms with E-state index in [0.29, 0.717) is 50.0 Å². The van der Waals surface area contributed by atoms with E-state index >= 15 is 0 Å². The summed E-state index contributed by atoms with van der Waals surface area (Å²) >= 11 is 0. The minimum Gasteiger partial charge on any atom is -0.497 e. The Hall–Kier alpha value is -3.13. The number of carbonyl (C=O) groups is 2. The normalized spacial score (nSPS) is 20.5. The van der Waals surface area contributed by atoms with E-state index in [1.165, 1.54) is 6.07 Å². The lowest BCUT2D eigenvalue weighted by molar-refractivity contribution is -0.129. The largest absolute Gasteiger partial charge is 0.497 e. The number of anilines is 2. The number of hydrogen-bond donors (Lipinski definition) is 1. The van der Waals surface area contributed by atoms with Crippen LogP contribution in [-0.4, -0.2) is 56.7 Å². The van der Waals surface area contributed by atoms with Gasteiger partial charge in [-0.2, -0.15) is 0 Å². The Morgan fingerprint density at radius 2 is 1.91 bits per heavy atom. The highest BCUT2D eigenvalue weighted by Gasteiger charge is 2.44. The summed E-state index contributed by atoms with van der Waals surface area (Å²) in [6, 6.07) is 11.8. The van der Waals surface area contributed by atoms with Crippen molar-refractivity contribution in [2.24, 2.45) is 5.92 Å². The summed E-state index contributed by atoms with van der Waals surface area (Å²) in [5.41, 5.74) is 1.77. The van der Waals surface area contributed by atoms with Crippen molar-refractivity contribution in [3.8, 4) is 5.75 Å². The Morgan fingerprint density at radius 3 is 2.56 bits per heavy atom. The van der Waals surface area contributed by atoms with E-state index < -0.39 is 11.7 Å². The van der Waals surface area contributed by atoms with Gasteiger partial charge in [-0.25, -0.2) is 4.39 Å². The second kappa shape index (κ2) is 10.9. The van der Waals surface area contributed by atoms with E-state index in [0.717, 1.165) is 18.4 Å². The summed E-state index contributed by atoms with van der Waals surface area (Å²) in [5.74, 6) is -0.571. The first-order valence-corrected chi connectivity index (χ1v) is 11.9. The molecule has 2 saturated heterocycles. The van der Waals surface area contributed by atoms with Gasteiger partial charge in [-0.3, -0.25) is 9.59 Å². The van der Waals surface area contributed by atoms with Crippen molar-refractivity contribution in [2.45, 2.75) is 32.2 Å². The first-order valence-electron chi connectivity index (χ1n) is 11.9. The predicted octanol–water partition coefficient (Wildman–Crippen LogP) is 4.00. The van der Waals surface area contributed by atoms with Gasteiger partial charge in [0.25, 0.3) is 0 Å². The molecule has 2 amide bonds. The average Bonchev–Trinajstić information content (AvgIpc) is 3.19. The van der Waals surface area contributed by atoms with Crippen LogP contribution in [0.5, 0.6) is 5.75 Å². The number of unbranched alkanes of at least 4 members (excludes halogenated alkanes) is 1. The van der Waals surface area contributed by atoms with Gasteiger partial charge >= 0.3 is 0 Å². The van der Waals surface area contributed by atoms with Crippen LogP contribution in [0.4, 0.5) is 15.8 Å². The molecule has 8 heteroatoms. The van der Waals surface area contributed by atoms with E-state index in [1.807, 2.05) is 29.2 Å². The minimum absolute atomic E-state index is 0.0386. The first-order chi connectivity index (χ1) is 16.5. The highest BCUT2D eigenvalue weighted by atomic mass is 19.1. The number of nitrogens with one attached hydrogen (secondary N) is 1. The fourth-order valence-electron chi connectivity index (χ4n) is 4.71. The lowest BCUT2D eigenvalue weighted by Gasteiger charge is -2.29. The maximum atomic E-state index is 14.8. The van der Waals surface area contributed by atoms with Gasteiger partial charge < -0.3 is 24.6 Å². The molecule has 2 aliphatic rings. The molecule has 2 fully saturated rings. The van der Waals surface area contributed by atoms with Crippen LogP contribution < -0.4 is 15.0 Å². The van der Waals surface area contributed by atoms with Crippen LogP contribution in [0.1, 0.15) is 37.8 Å². The van der Waals surface area contributed by atoms with E-state index in [1.54, 1.807) is 24.1 Å². The summed E-state index contributed by atoms with van der Waals surface area (Å²) in [5, 5.41) is 2.85. The summed E-state index contributed by atoms with van der Waals surface area (Å²) in [6.07, 6.45) is 1.94. The van der Waals surface area contributed by atoms with Gasteiger partial charge in [0.05, 0.1) is 38.0 Å². The van der Waals surface area contributed by atoms with Crippen LogP contribution in [0.15, 0.2) is 42.5 Å². The van der Waals surface area contributed by atoms with E-state index in [4.69, 9.17) is 9.47 Å². The van der Waals surface area contributed by atoms with Crippen LogP contribution in [-0.2, 0) is 14.3 Å². The monoisotopic (exact) mass is 469 g/mol. The molecular formula is C26H32FN3O4. The van der Waals surface area contributed by atoms with Gasteiger partial charge in [-0.1, -0.05) is 25.5 Å². The Morgan fingerprint density at radius 1 is 1.18 bits per heavy atom. The van der Waals surface area contributed by atoms with Gasteiger partial charge in [-0.05, 0) is 42.3 Å². The van der Waals surface area contributed by atoms with Crippen LogP contribution in [0.2, 0.25) is 0 Å². The first kappa shape index (κ1) is 24.0. The molecule has 2 heterocycles. The third-order valence-corrected chi connectivity index (χ3v) is 6.55. The molecule has 182 valence electrons. The molecule has 2 atom stereocenters.